The second-order valence-corrected chi connectivity index (χ2v) is 3.56. The van der Waals surface area contributed by atoms with Crippen molar-refractivity contribution in [1.29, 1.82) is 0 Å². The van der Waals surface area contributed by atoms with Gasteiger partial charge in [0.15, 0.2) is 0 Å². The molecule has 0 spiro atoms. The van der Waals surface area contributed by atoms with Crippen LogP contribution in [-0.4, -0.2) is 22.4 Å². The number of hydrogen-bond acceptors (Lipinski definition) is 2. The maximum absolute atomic E-state index is 9.35. The SMILES string of the molecule is C[C@@H]1C[C@@H](O)[C@H](C)C[C@H]1O. The molecule has 4 atom stereocenters. The lowest BCUT2D eigenvalue weighted by molar-refractivity contribution is -0.0203. The van der Waals surface area contributed by atoms with E-state index in [0.29, 0.717) is 0 Å². The van der Waals surface area contributed by atoms with Gasteiger partial charge in [-0.2, -0.15) is 0 Å². The fourth-order valence-electron chi connectivity index (χ4n) is 1.54. The van der Waals surface area contributed by atoms with Crippen molar-refractivity contribution in [2.75, 3.05) is 0 Å². The average Bonchev–Trinajstić information content (AvgIpc) is 1.84. The third-order valence-electron chi connectivity index (χ3n) is 2.54. The Morgan fingerprint density at radius 2 is 1.20 bits per heavy atom. The first-order chi connectivity index (χ1) is 4.61. The summed E-state index contributed by atoms with van der Waals surface area (Å²) < 4.78 is 0. The minimum atomic E-state index is -0.196. The van der Waals surface area contributed by atoms with Gasteiger partial charge in [-0.3, -0.25) is 0 Å². The van der Waals surface area contributed by atoms with E-state index in [1.165, 1.54) is 0 Å². The summed E-state index contributed by atoms with van der Waals surface area (Å²) >= 11 is 0. The molecular formula is C8H16O2. The average molecular weight is 144 g/mol. The second-order valence-electron chi connectivity index (χ2n) is 3.56. The van der Waals surface area contributed by atoms with Gasteiger partial charge >= 0.3 is 0 Å². The molecule has 0 saturated heterocycles. The smallest absolute Gasteiger partial charge is 0.0570 e. The molecule has 0 aromatic rings. The zero-order chi connectivity index (χ0) is 7.72. The van der Waals surface area contributed by atoms with Crippen molar-refractivity contribution >= 4 is 0 Å². The van der Waals surface area contributed by atoms with E-state index < -0.39 is 0 Å². The van der Waals surface area contributed by atoms with E-state index in [2.05, 4.69) is 0 Å². The number of aliphatic hydroxyl groups is 2. The lowest BCUT2D eigenvalue weighted by atomic mass is 9.80. The first kappa shape index (κ1) is 8.02. The van der Waals surface area contributed by atoms with Gasteiger partial charge < -0.3 is 10.2 Å². The largest absolute Gasteiger partial charge is 0.393 e. The lowest BCUT2D eigenvalue weighted by Crippen LogP contribution is -2.35. The molecule has 0 aliphatic heterocycles. The standard InChI is InChI=1S/C8H16O2/c1-5-3-8(10)6(2)4-7(5)9/h5-10H,3-4H2,1-2H3/t5-,6-,7-,8-/m1/s1. The van der Waals surface area contributed by atoms with Crippen molar-refractivity contribution in [2.24, 2.45) is 11.8 Å². The van der Waals surface area contributed by atoms with Gasteiger partial charge in [0.25, 0.3) is 0 Å². The predicted octanol–water partition coefficient (Wildman–Crippen LogP) is 0.774. The Bertz CT molecular complexity index is 87.8. The molecule has 2 nitrogen and oxygen atoms in total. The first-order valence-corrected chi connectivity index (χ1v) is 3.97. The molecule has 2 heteroatoms. The molecule has 10 heavy (non-hydrogen) atoms. The molecule has 1 fully saturated rings. The van der Waals surface area contributed by atoms with Crippen molar-refractivity contribution in [2.45, 2.75) is 38.9 Å². The fraction of sp³-hybridized carbons (Fsp3) is 1.00. The van der Waals surface area contributed by atoms with Crippen LogP contribution in [0.3, 0.4) is 0 Å². The Hall–Kier alpha value is -0.0800. The molecule has 0 heterocycles. The van der Waals surface area contributed by atoms with Crippen molar-refractivity contribution in [3.63, 3.8) is 0 Å². The molecule has 1 aliphatic carbocycles. The van der Waals surface area contributed by atoms with Gasteiger partial charge in [-0.05, 0) is 24.7 Å². The normalized spacial score (nSPS) is 49.2. The molecule has 1 rings (SSSR count). The van der Waals surface area contributed by atoms with Gasteiger partial charge in [0.1, 0.15) is 0 Å². The van der Waals surface area contributed by atoms with Gasteiger partial charge in [-0.1, -0.05) is 13.8 Å². The van der Waals surface area contributed by atoms with Crippen LogP contribution in [0.5, 0.6) is 0 Å². The molecule has 2 N–H and O–H groups in total. The van der Waals surface area contributed by atoms with Crippen molar-refractivity contribution in [3.8, 4) is 0 Å². The van der Waals surface area contributed by atoms with E-state index in [-0.39, 0.29) is 24.0 Å². The van der Waals surface area contributed by atoms with Crippen LogP contribution in [0.4, 0.5) is 0 Å². The topological polar surface area (TPSA) is 40.5 Å². The van der Waals surface area contributed by atoms with E-state index in [9.17, 15) is 10.2 Å². The molecule has 60 valence electrons. The maximum Gasteiger partial charge on any atom is 0.0570 e. The highest BCUT2D eigenvalue weighted by atomic mass is 16.3. The van der Waals surface area contributed by atoms with Gasteiger partial charge in [0.2, 0.25) is 0 Å². The molecular weight excluding hydrogens is 128 g/mol. The van der Waals surface area contributed by atoms with Crippen LogP contribution in [-0.2, 0) is 0 Å². The number of aliphatic hydroxyl groups excluding tert-OH is 2. The van der Waals surface area contributed by atoms with Crippen LogP contribution >= 0.6 is 0 Å². The molecule has 0 radical (unpaired) electrons. The van der Waals surface area contributed by atoms with E-state index in [0.717, 1.165) is 12.8 Å². The third kappa shape index (κ3) is 1.50. The van der Waals surface area contributed by atoms with Crippen molar-refractivity contribution in [1.82, 2.24) is 0 Å². The summed E-state index contributed by atoms with van der Waals surface area (Å²) in [4.78, 5) is 0. The fourth-order valence-corrected chi connectivity index (χ4v) is 1.54. The van der Waals surface area contributed by atoms with Crippen LogP contribution in [0.2, 0.25) is 0 Å². The number of rotatable bonds is 0. The summed E-state index contributed by atoms with van der Waals surface area (Å²) in [7, 11) is 0. The Labute approximate surface area is 61.9 Å². The van der Waals surface area contributed by atoms with Gasteiger partial charge in [0, 0.05) is 0 Å². The molecule has 0 unspecified atom stereocenters. The van der Waals surface area contributed by atoms with Crippen molar-refractivity contribution < 1.29 is 10.2 Å². The second kappa shape index (κ2) is 2.89. The third-order valence-corrected chi connectivity index (χ3v) is 2.54. The maximum atomic E-state index is 9.35. The van der Waals surface area contributed by atoms with Crippen LogP contribution in [0.1, 0.15) is 26.7 Å². The molecule has 1 saturated carbocycles. The Kier molecular flexibility index (Phi) is 2.32. The summed E-state index contributed by atoms with van der Waals surface area (Å²) in [5.41, 5.74) is 0. The lowest BCUT2D eigenvalue weighted by Gasteiger charge is -2.33. The Morgan fingerprint density at radius 3 is 1.50 bits per heavy atom. The minimum absolute atomic E-state index is 0.196. The van der Waals surface area contributed by atoms with Crippen molar-refractivity contribution in [3.05, 3.63) is 0 Å². The van der Waals surface area contributed by atoms with Crippen LogP contribution in [0, 0.1) is 11.8 Å². The zero-order valence-electron chi connectivity index (χ0n) is 6.62. The zero-order valence-corrected chi connectivity index (χ0v) is 6.62. The molecule has 0 amide bonds. The predicted molar refractivity (Wildman–Crippen MR) is 39.6 cm³/mol. The summed E-state index contributed by atoms with van der Waals surface area (Å²) in [5.74, 6) is 0.539. The van der Waals surface area contributed by atoms with E-state index in [1.807, 2.05) is 13.8 Å². The molecule has 1 aliphatic rings. The summed E-state index contributed by atoms with van der Waals surface area (Å²) in [6.45, 7) is 3.97. The molecule has 0 bridgehead atoms. The van der Waals surface area contributed by atoms with Crippen LogP contribution < -0.4 is 0 Å². The highest BCUT2D eigenvalue weighted by molar-refractivity contribution is 4.80. The summed E-state index contributed by atoms with van der Waals surface area (Å²) in [6, 6.07) is 0. The van der Waals surface area contributed by atoms with E-state index >= 15 is 0 Å². The van der Waals surface area contributed by atoms with Crippen LogP contribution in [0.25, 0.3) is 0 Å². The number of hydrogen-bond donors (Lipinski definition) is 2. The highest BCUT2D eigenvalue weighted by Gasteiger charge is 2.29. The van der Waals surface area contributed by atoms with E-state index in [4.69, 9.17) is 0 Å². The highest BCUT2D eigenvalue weighted by Crippen LogP contribution is 2.28. The molecule has 0 aromatic carbocycles. The minimum Gasteiger partial charge on any atom is -0.393 e. The first-order valence-electron chi connectivity index (χ1n) is 3.97. The quantitative estimate of drug-likeness (QED) is 0.527. The van der Waals surface area contributed by atoms with Gasteiger partial charge in [0.05, 0.1) is 12.2 Å². The Balaban J connectivity index is 2.46. The summed E-state index contributed by atoms with van der Waals surface area (Å²) in [6.07, 6.45) is 1.11. The van der Waals surface area contributed by atoms with Gasteiger partial charge in [-0.25, -0.2) is 0 Å². The summed E-state index contributed by atoms with van der Waals surface area (Å²) in [5, 5.41) is 18.7. The Morgan fingerprint density at radius 1 is 0.900 bits per heavy atom. The molecule has 0 aromatic heterocycles. The van der Waals surface area contributed by atoms with Gasteiger partial charge in [-0.15, -0.1) is 0 Å². The monoisotopic (exact) mass is 144 g/mol. The van der Waals surface area contributed by atoms with E-state index in [1.54, 1.807) is 0 Å². The van der Waals surface area contributed by atoms with Crippen LogP contribution in [0.15, 0.2) is 0 Å².